The Morgan fingerprint density at radius 1 is 1.17 bits per heavy atom. The molecule has 0 fully saturated rings. The minimum absolute atomic E-state index is 0.0873. The van der Waals surface area contributed by atoms with E-state index in [1.54, 1.807) is 6.92 Å². The highest BCUT2D eigenvalue weighted by molar-refractivity contribution is 5.94. The number of rotatable bonds is 4. The average Bonchev–Trinajstić information content (AvgIpc) is 2.38. The number of hydrogen-bond donors (Lipinski definition) is 1. The second-order valence-electron chi connectivity index (χ2n) is 4.29. The van der Waals surface area contributed by atoms with Gasteiger partial charge in [0.15, 0.2) is 5.78 Å². The van der Waals surface area contributed by atoms with Gasteiger partial charge in [0.2, 0.25) is 0 Å². The quantitative estimate of drug-likeness (QED) is 0.834. The minimum atomic E-state index is 0.0873. The van der Waals surface area contributed by atoms with Crippen LogP contribution in [0.15, 0.2) is 42.6 Å². The minimum Gasteiger partial charge on any atom is -0.381 e. The van der Waals surface area contributed by atoms with Crippen LogP contribution in [-0.2, 0) is 6.54 Å². The Hall–Kier alpha value is -2.16. The van der Waals surface area contributed by atoms with Crippen molar-refractivity contribution in [3.05, 3.63) is 59.4 Å². The van der Waals surface area contributed by atoms with Gasteiger partial charge in [0.05, 0.1) is 0 Å². The lowest BCUT2D eigenvalue weighted by Gasteiger charge is -2.07. The van der Waals surface area contributed by atoms with Crippen LogP contribution >= 0.6 is 0 Å². The lowest BCUT2D eigenvalue weighted by Crippen LogP contribution is -2.00. The van der Waals surface area contributed by atoms with Gasteiger partial charge in [-0.3, -0.25) is 9.78 Å². The van der Waals surface area contributed by atoms with Crippen LogP contribution in [0.3, 0.4) is 0 Å². The van der Waals surface area contributed by atoms with Crippen molar-refractivity contribution in [2.75, 3.05) is 5.32 Å². The summed E-state index contributed by atoms with van der Waals surface area (Å²) in [6.07, 6.45) is 1.87. The fraction of sp³-hybridized carbons (Fsp3) is 0.200. The number of nitrogens with zero attached hydrogens (tertiary/aromatic N) is 1. The monoisotopic (exact) mass is 240 g/mol. The number of nitrogens with one attached hydrogen (secondary N) is 1. The van der Waals surface area contributed by atoms with Crippen molar-refractivity contribution in [2.24, 2.45) is 0 Å². The number of carbonyl (C=O) groups excluding carboxylic acids is 1. The summed E-state index contributed by atoms with van der Waals surface area (Å²) < 4.78 is 0. The molecule has 2 aromatic rings. The summed E-state index contributed by atoms with van der Waals surface area (Å²) in [5.41, 5.74) is 3.89. The van der Waals surface area contributed by atoms with Gasteiger partial charge in [-0.05, 0) is 49.7 Å². The van der Waals surface area contributed by atoms with Gasteiger partial charge < -0.3 is 5.32 Å². The van der Waals surface area contributed by atoms with Gasteiger partial charge in [-0.15, -0.1) is 0 Å². The van der Waals surface area contributed by atoms with Gasteiger partial charge in [-0.1, -0.05) is 6.07 Å². The van der Waals surface area contributed by atoms with Crippen LogP contribution in [0.2, 0.25) is 0 Å². The predicted octanol–water partition coefficient (Wildman–Crippen LogP) is 3.20. The van der Waals surface area contributed by atoms with Crippen LogP contribution in [-0.4, -0.2) is 10.8 Å². The Morgan fingerprint density at radius 2 is 1.89 bits per heavy atom. The third-order valence-electron chi connectivity index (χ3n) is 2.76. The molecule has 0 unspecified atom stereocenters. The first-order chi connectivity index (χ1) is 8.65. The van der Waals surface area contributed by atoms with Crippen molar-refractivity contribution in [1.29, 1.82) is 0 Å². The molecule has 0 spiro atoms. The lowest BCUT2D eigenvalue weighted by atomic mass is 10.1. The molecule has 0 aliphatic rings. The maximum Gasteiger partial charge on any atom is 0.159 e. The fourth-order valence-corrected chi connectivity index (χ4v) is 1.63. The third-order valence-corrected chi connectivity index (χ3v) is 2.76. The fourth-order valence-electron chi connectivity index (χ4n) is 1.63. The molecule has 0 bridgehead atoms. The standard InChI is InChI=1S/C15H16N2O/c1-11-3-4-13(9-16-11)10-17-15-7-5-14(6-8-15)12(2)18/h3-9,17H,10H2,1-2H3. The summed E-state index contributed by atoms with van der Waals surface area (Å²) in [6, 6.07) is 11.5. The van der Waals surface area contributed by atoms with Crippen LogP contribution in [0, 0.1) is 6.92 Å². The zero-order chi connectivity index (χ0) is 13.0. The van der Waals surface area contributed by atoms with Crippen molar-refractivity contribution >= 4 is 11.5 Å². The largest absolute Gasteiger partial charge is 0.381 e. The second kappa shape index (κ2) is 5.45. The Labute approximate surface area is 107 Å². The van der Waals surface area contributed by atoms with Gasteiger partial charge in [0.1, 0.15) is 0 Å². The van der Waals surface area contributed by atoms with Crippen molar-refractivity contribution in [2.45, 2.75) is 20.4 Å². The van der Waals surface area contributed by atoms with Gasteiger partial charge in [0.25, 0.3) is 0 Å². The first kappa shape index (κ1) is 12.3. The number of benzene rings is 1. The van der Waals surface area contributed by atoms with Gasteiger partial charge in [0, 0.05) is 29.7 Å². The number of carbonyl (C=O) groups is 1. The van der Waals surface area contributed by atoms with Crippen LogP contribution in [0.5, 0.6) is 0 Å². The molecule has 3 heteroatoms. The van der Waals surface area contributed by atoms with E-state index in [1.165, 1.54) is 0 Å². The third kappa shape index (κ3) is 3.17. The molecule has 3 nitrogen and oxygen atoms in total. The maximum absolute atomic E-state index is 11.1. The summed E-state index contributed by atoms with van der Waals surface area (Å²) in [5.74, 6) is 0.0873. The number of Topliss-reactive ketones (excluding diaryl/α,β-unsaturated/α-hetero) is 1. The number of hydrogen-bond acceptors (Lipinski definition) is 3. The van der Waals surface area contributed by atoms with E-state index >= 15 is 0 Å². The normalized spacial score (nSPS) is 10.1. The highest BCUT2D eigenvalue weighted by Crippen LogP contribution is 2.11. The highest BCUT2D eigenvalue weighted by Gasteiger charge is 1.99. The van der Waals surface area contributed by atoms with Crippen molar-refractivity contribution in [3.63, 3.8) is 0 Å². The van der Waals surface area contributed by atoms with Crippen LogP contribution < -0.4 is 5.32 Å². The summed E-state index contributed by atoms with van der Waals surface area (Å²) in [4.78, 5) is 15.4. The van der Waals surface area contributed by atoms with Crippen LogP contribution in [0.4, 0.5) is 5.69 Å². The molecule has 92 valence electrons. The van der Waals surface area contributed by atoms with Crippen molar-refractivity contribution in [1.82, 2.24) is 4.98 Å². The van der Waals surface area contributed by atoms with Gasteiger partial charge in [-0.25, -0.2) is 0 Å². The molecule has 0 aliphatic carbocycles. The molecule has 1 aromatic carbocycles. The first-order valence-electron chi connectivity index (χ1n) is 5.91. The molecule has 1 aromatic heterocycles. The number of anilines is 1. The molecule has 1 heterocycles. The first-order valence-corrected chi connectivity index (χ1v) is 5.91. The molecular weight excluding hydrogens is 224 g/mol. The summed E-state index contributed by atoms with van der Waals surface area (Å²) in [6.45, 7) is 4.27. The van der Waals surface area contributed by atoms with E-state index in [1.807, 2.05) is 43.5 Å². The van der Waals surface area contributed by atoms with Crippen molar-refractivity contribution in [3.8, 4) is 0 Å². The summed E-state index contributed by atoms with van der Waals surface area (Å²) in [5, 5.41) is 3.30. The van der Waals surface area contributed by atoms with E-state index in [0.29, 0.717) is 0 Å². The van der Waals surface area contributed by atoms with E-state index in [0.717, 1.165) is 29.1 Å². The Morgan fingerprint density at radius 3 is 2.44 bits per heavy atom. The number of aromatic nitrogens is 1. The van der Waals surface area contributed by atoms with Crippen molar-refractivity contribution < 1.29 is 4.79 Å². The van der Waals surface area contributed by atoms with Gasteiger partial charge >= 0.3 is 0 Å². The molecular formula is C15H16N2O. The molecule has 18 heavy (non-hydrogen) atoms. The molecule has 2 rings (SSSR count). The van der Waals surface area contributed by atoms with E-state index < -0.39 is 0 Å². The molecule has 0 saturated carbocycles. The van der Waals surface area contributed by atoms with Gasteiger partial charge in [-0.2, -0.15) is 0 Å². The highest BCUT2D eigenvalue weighted by atomic mass is 16.1. The van der Waals surface area contributed by atoms with Crippen LogP contribution in [0.1, 0.15) is 28.5 Å². The smallest absolute Gasteiger partial charge is 0.159 e. The Bertz CT molecular complexity index is 529. The maximum atomic E-state index is 11.1. The average molecular weight is 240 g/mol. The predicted molar refractivity (Wildman–Crippen MR) is 72.7 cm³/mol. The molecule has 0 atom stereocenters. The molecule has 0 saturated heterocycles. The molecule has 0 amide bonds. The van der Waals surface area contributed by atoms with E-state index in [9.17, 15) is 4.79 Å². The number of ketones is 1. The molecule has 0 aliphatic heterocycles. The van der Waals surface area contributed by atoms with E-state index in [2.05, 4.69) is 16.4 Å². The number of pyridine rings is 1. The molecule has 1 N–H and O–H groups in total. The van der Waals surface area contributed by atoms with E-state index in [4.69, 9.17) is 0 Å². The SMILES string of the molecule is CC(=O)c1ccc(NCc2ccc(C)nc2)cc1. The second-order valence-corrected chi connectivity index (χ2v) is 4.29. The topological polar surface area (TPSA) is 42.0 Å². The molecule has 0 radical (unpaired) electrons. The number of aryl methyl sites for hydroxylation is 1. The van der Waals surface area contributed by atoms with Crippen LogP contribution in [0.25, 0.3) is 0 Å². The zero-order valence-electron chi connectivity index (χ0n) is 10.6. The lowest BCUT2D eigenvalue weighted by molar-refractivity contribution is 0.101. The summed E-state index contributed by atoms with van der Waals surface area (Å²) in [7, 11) is 0. The zero-order valence-corrected chi connectivity index (χ0v) is 10.6. The Kier molecular flexibility index (Phi) is 3.72. The Balaban J connectivity index is 1.97. The summed E-state index contributed by atoms with van der Waals surface area (Å²) >= 11 is 0. The van der Waals surface area contributed by atoms with E-state index in [-0.39, 0.29) is 5.78 Å².